The predicted octanol–water partition coefficient (Wildman–Crippen LogP) is 4.31. The number of fused-ring (bicyclic) bond motifs is 3. The van der Waals surface area contributed by atoms with Crippen molar-refractivity contribution in [3.63, 3.8) is 0 Å². The van der Waals surface area contributed by atoms with Crippen LogP contribution in [0.15, 0.2) is 24.3 Å². The number of benzene rings is 2. The second kappa shape index (κ2) is 9.31. The fourth-order valence-corrected chi connectivity index (χ4v) is 7.18. The van der Waals surface area contributed by atoms with Gasteiger partial charge in [-0.15, -0.1) is 0 Å². The van der Waals surface area contributed by atoms with Crippen LogP contribution in [0.25, 0.3) is 22.0 Å². The molecule has 4 aliphatic heterocycles. The number of phenols is 1. The van der Waals surface area contributed by atoms with Crippen molar-refractivity contribution >= 4 is 28.3 Å². The molecule has 206 valence electrons. The number of nitrogens with zero attached hydrogens (tertiary/aromatic N) is 4. The Morgan fingerprint density at radius 3 is 2.97 bits per heavy atom. The minimum atomic E-state index is -0.889. The monoisotopic (exact) mass is 557 g/mol. The molecule has 0 unspecified atom stereocenters. The van der Waals surface area contributed by atoms with Crippen LogP contribution in [0, 0.1) is 5.82 Å². The maximum Gasteiger partial charge on any atom is 0.319 e. The summed E-state index contributed by atoms with van der Waals surface area (Å²) in [6.45, 7) is 5.43. The molecule has 0 radical (unpaired) electrons. The number of piperazine rings is 1. The maximum absolute atomic E-state index is 16.5. The van der Waals surface area contributed by atoms with Gasteiger partial charge in [-0.25, -0.2) is 8.78 Å². The summed E-state index contributed by atoms with van der Waals surface area (Å²) < 4.78 is 43.4. The van der Waals surface area contributed by atoms with Crippen LogP contribution in [0.5, 0.6) is 17.5 Å². The van der Waals surface area contributed by atoms with Crippen LogP contribution in [0.3, 0.4) is 0 Å². The topological polar surface area (TPSA) is 83.0 Å². The van der Waals surface area contributed by atoms with Crippen LogP contribution in [-0.4, -0.2) is 83.2 Å². The molecule has 2 N–H and O–H groups in total. The molecule has 3 saturated heterocycles. The lowest BCUT2D eigenvalue weighted by Crippen LogP contribution is -2.56. The van der Waals surface area contributed by atoms with E-state index in [2.05, 4.69) is 20.1 Å². The molecule has 0 amide bonds. The van der Waals surface area contributed by atoms with E-state index in [0.29, 0.717) is 37.3 Å². The molecule has 0 saturated carbocycles. The van der Waals surface area contributed by atoms with Gasteiger partial charge in [0.15, 0.2) is 11.6 Å². The fourth-order valence-electron chi connectivity index (χ4n) is 6.86. The SMILES string of the molecule is C[C@@H]1Oc2c(Cl)c(-c3ccccc3O)c(F)c3nc(OC[C@@]45CCCN4C[C@H](F)C5)nc(c23)N2CCNC[C@@H]12. The molecule has 1 aromatic heterocycles. The van der Waals surface area contributed by atoms with Crippen molar-refractivity contribution in [2.75, 3.05) is 44.2 Å². The third kappa shape index (κ3) is 3.90. The molecule has 5 heterocycles. The first kappa shape index (κ1) is 25.0. The van der Waals surface area contributed by atoms with Gasteiger partial charge in [-0.05, 0) is 32.4 Å². The Hall–Kier alpha value is -2.95. The third-order valence-corrected chi connectivity index (χ3v) is 9.11. The van der Waals surface area contributed by atoms with Crippen molar-refractivity contribution in [3.8, 4) is 28.6 Å². The lowest BCUT2D eigenvalue weighted by atomic mass is 9.95. The van der Waals surface area contributed by atoms with Crippen molar-refractivity contribution < 1.29 is 23.4 Å². The Kier molecular flexibility index (Phi) is 5.98. The third-order valence-electron chi connectivity index (χ3n) is 8.75. The van der Waals surface area contributed by atoms with Gasteiger partial charge in [-0.3, -0.25) is 4.90 Å². The molecular weight excluding hydrogens is 528 g/mol. The van der Waals surface area contributed by atoms with E-state index in [1.54, 1.807) is 18.2 Å². The van der Waals surface area contributed by atoms with Crippen molar-refractivity contribution in [1.82, 2.24) is 20.2 Å². The van der Waals surface area contributed by atoms with Gasteiger partial charge >= 0.3 is 6.01 Å². The summed E-state index contributed by atoms with van der Waals surface area (Å²) >= 11 is 6.86. The van der Waals surface area contributed by atoms with Crippen molar-refractivity contribution in [1.29, 1.82) is 0 Å². The smallest absolute Gasteiger partial charge is 0.319 e. The number of para-hydroxylation sites is 1. The van der Waals surface area contributed by atoms with Gasteiger partial charge in [0.25, 0.3) is 0 Å². The van der Waals surface area contributed by atoms with Gasteiger partial charge in [-0.1, -0.05) is 29.8 Å². The Morgan fingerprint density at radius 2 is 2.13 bits per heavy atom. The van der Waals surface area contributed by atoms with E-state index in [1.165, 1.54) is 6.07 Å². The minimum Gasteiger partial charge on any atom is -0.507 e. The molecule has 0 spiro atoms. The highest BCUT2D eigenvalue weighted by molar-refractivity contribution is 6.36. The molecule has 2 aromatic carbocycles. The van der Waals surface area contributed by atoms with E-state index >= 15 is 4.39 Å². The van der Waals surface area contributed by atoms with Crippen LogP contribution < -0.4 is 19.7 Å². The molecule has 0 aliphatic carbocycles. The zero-order valence-corrected chi connectivity index (χ0v) is 22.3. The average Bonchev–Trinajstić information content (AvgIpc) is 3.42. The number of anilines is 1. The highest BCUT2D eigenvalue weighted by Crippen LogP contribution is 2.50. The van der Waals surface area contributed by atoms with E-state index < -0.39 is 17.5 Å². The highest BCUT2D eigenvalue weighted by Gasteiger charge is 2.49. The van der Waals surface area contributed by atoms with Crippen molar-refractivity contribution in [2.24, 2.45) is 0 Å². The van der Waals surface area contributed by atoms with Gasteiger partial charge in [-0.2, -0.15) is 9.97 Å². The molecule has 39 heavy (non-hydrogen) atoms. The summed E-state index contributed by atoms with van der Waals surface area (Å²) in [5, 5.41) is 14.4. The van der Waals surface area contributed by atoms with Crippen molar-refractivity contribution in [2.45, 2.75) is 50.0 Å². The molecule has 11 heteroatoms. The molecule has 4 atom stereocenters. The van der Waals surface area contributed by atoms with Crippen LogP contribution in [-0.2, 0) is 0 Å². The first-order chi connectivity index (χ1) is 18.9. The summed E-state index contributed by atoms with van der Waals surface area (Å²) in [6.07, 6.45) is 1.04. The molecule has 7 rings (SSSR count). The number of halogens is 3. The molecule has 4 aliphatic rings. The zero-order valence-electron chi connectivity index (χ0n) is 21.6. The van der Waals surface area contributed by atoms with Gasteiger partial charge in [0.2, 0.25) is 0 Å². The number of aromatic nitrogens is 2. The van der Waals surface area contributed by atoms with E-state index in [0.717, 1.165) is 25.9 Å². The first-order valence-electron chi connectivity index (χ1n) is 13.5. The van der Waals surface area contributed by atoms with Gasteiger partial charge < -0.3 is 24.8 Å². The second-order valence-corrected chi connectivity index (χ2v) is 11.4. The van der Waals surface area contributed by atoms with E-state index in [9.17, 15) is 9.50 Å². The number of hydrogen-bond donors (Lipinski definition) is 2. The number of hydrogen-bond acceptors (Lipinski definition) is 8. The van der Waals surface area contributed by atoms with Gasteiger partial charge in [0.1, 0.15) is 36.0 Å². The molecular formula is C28H30ClF2N5O3. The summed E-state index contributed by atoms with van der Waals surface area (Å²) in [6, 6.07) is 6.39. The average molecular weight is 558 g/mol. The number of nitrogens with one attached hydrogen (secondary N) is 1. The van der Waals surface area contributed by atoms with Gasteiger partial charge in [0, 0.05) is 43.7 Å². The maximum atomic E-state index is 16.5. The quantitative estimate of drug-likeness (QED) is 0.491. The molecule has 3 aromatic rings. The van der Waals surface area contributed by atoms with E-state index in [1.807, 2.05) is 6.92 Å². The summed E-state index contributed by atoms with van der Waals surface area (Å²) in [5.74, 6) is -0.0160. The fraction of sp³-hybridized carbons (Fsp3) is 0.500. The molecule has 3 fully saturated rings. The second-order valence-electron chi connectivity index (χ2n) is 11.1. The van der Waals surface area contributed by atoms with Crippen LogP contribution in [0.4, 0.5) is 14.6 Å². The Balaban J connectivity index is 1.41. The number of rotatable bonds is 4. The van der Waals surface area contributed by atoms with Crippen LogP contribution in [0.1, 0.15) is 26.2 Å². The number of aromatic hydroxyl groups is 1. The van der Waals surface area contributed by atoms with Gasteiger partial charge in [0.05, 0.1) is 22.0 Å². The normalized spacial score (nSPS) is 28.2. The van der Waals surface area contributed by atoms with Crippen LogP contribution >= 0.6 is 11.6 Å². The first-order valence-corrected chi connectivity index (χ1v) is 13.9. The predicted molar refractivity (Wildman–Crippen MR) is 144 cm³/mol. The Labute approximate surface area is 229 Å². The Morgan fingerprint density at radius 1 is 1.28 bits per heavy atom. The Bertz CT molecular complexity index is 1460. The molecule has 0 bridgehead atoms. The molecule has 8 nitrogen and oxygen atoms in total. The van der Waals surface area contributed by atoms with Crippen molar-refractivity contribution in [3.05, 3.63) is 35.1 Å². The highest BCUT2D eigenvalue weighted by atomic mass is 35.5. The number of ether oxygens (including phenoxy) is 2. The summed E-state index contributed by atoms with van der Waals surface area (Å²) in [7, 11) is 0. The largest absolute Gasteiger partial charge is 0.507 e. The standard InChI is InChI=1S/C28H30ClF2N5O3/c1-15-18-12-32-8-10-36(18)26-21-24(23(31)20(22(29)25(21)39-15)17-5-2-3-6-19(17)37)33-27(34-26)38-14-28-7-4-9-35(28)13-16(30)11-28/h2-3,5-6,15-16,18,32,37H,4,7-14H2,1H3/t15-,16+,18-,28-/m0/s1. The number of phenolic OH excluding ortho intramolecular Hbond substituents is 1. The minimum absolute atomic E-state index is 0.00889. The summed E-state index contributed by atoms with van der Waals surface area (Å²) in [4.78, 5) is 13.6. The van der Waals surface area contributed by atoms with E-state index in [-0.39, 0.29) is 57.9 Å². The van der Waals surface area contributed by atoms with E-state index in [4.69, 9.17) is 26.1 Å². The lowest BCUT2D eigenvalue weighted by molar-refractivity contribution is 0.107. The zero-order chi connectivity index (χ0) is 26.9. The number of alkyl halides is 1. The van der Waals surface area contributed by atoms with Crippen LogP contribution in [0.2, 0.25) is 5.02 Å². The summed E-state index contributed by atoms with van der Waals surface area (Å²) in [5.41, 5.74) is -0.142. The lowest BCUT2D eigenvalue weighted by Gasteiger charge is -2.38.